The van der Waals surface area contributed by atoms with Crippen molar-refractivity contribution in [2.45, 2.75) is 33.6 Å². The Labute approximate surface area is 72.8 Å². The van der Waals surface area contributed by atoms with Crippen LogP contribution in [0.25, 0.3) is 0 Å². The van der Waals surface area contributed by atoms with E-state index in [0.29, 0.717) is 12.1 Å². The number of rotatable bonds is 3. The van der Waals surface area contributed by atoms with Crippen LogP contribution in [-0.2, 0) is 0 Å². The maximum absolute atomic E-state index is 10.3. The predicted molar refractivity (Wildman–Crippen MR) is 49.8 cm³/mol. The lowest BCUT2D eigenvalue weighted by Gasteiger charge is -2.00. The smallest absolute Gasteiger partial charge is 0.431 e. The van der Waals surface area contributed by atoms with Crippen LogP contribution in [0.3, 0.4) is 0 Å². The Morgan fingerprint density at radius 3 is 2.42 bits per heavy atom. The molecule has 0 aromatic carbocycles. The summed E-state index contributed by atoms with van der Waals surface area (Å²) in [4.78, 5) is 13.7. The van der Waals surface area contributed by atoms with Gasteiger partial charge in [0.2, 0.25) is 0 Å². The summed E-state index contributed by atoms with van der Waals surface area (Å²) in [5.41, 5.74) is 1.62. The molecule has 12 heavy (non-hydrogen) atoms. The fraction of sp³-hybridized carbons (Fsp3) is 0.556. The zero-order valence-corrected chi connectivity index (χ0v) is 7.79. The summed E-state index contributed by atoms with van der Waals surface area (Å²) in [6.45, 7) is 5.79. The molecule has 0 saturated heterocycles. The molecule has 0 bridgehead atoms. The largest absolute Gasteiger partial charge is 0.463 e. The van der Waals surface area contributed by atoms with Crippen LogP contribution in [-0.4, -0.2) is 16.9 Å². The molecule has 0 fully saturated rings. The van der Waals surface area contributed by atoms with E-state index in [1.54, 1.807) is 0 Å². The zero-order chi connectivity index (χ0) is 9.56. The summed E-state index contributed by atoms with van der Waals surface area (Å²) in [5, 5.41) is 8.42. The maximum atomic E-state index is 10.3. The fourth-order valence-corrected chi connectivity index (χ4v) is 0.986. The summed E-state index contributed by atoms with van der Waals surface area (Å²) in [5.74, 6) is 0. The molecule has 0 aliphatic rings. The van der Waals surface area contributed by atoms with E-state index in [0.717, 1.165) is 12.0 Å². The first kappa shape index (κ1) is 10.9. The lowest BCUT2D eigenvalue weighted by molar-refractivity contribution is 0.205. The molecule has 0 saturated carbocycles. The van der Waals surface area contributed by atoms with E-state index < -0.39 is 6.09 Å². The highest BCUT2D eigenvalue weighted by Crippen LogP contribution is 2.03. The molecule has 0 aromatic heterocycles. The third-order valence-corrected chi connectivity index (χ3v) is 1.53. The van der Waals surface area contributed by atoms with Crippen LogP contribution in [0.15, 0.2) is 16.6 Å². The number of amides is 1. The number of hydrogen-bond donors (Lipinski definition) is 1. The van der Waals surface area contributed by atoms with E-state index in [1.807, 2.05) is 26.8 Å². The molecule has 68 valence electrons. The zero-order valence-electron chi connectivity index (χ0n) is 7.79. The van der Waals surface area contributed by atoms with Crippen molar-refractivity contribution in [1.29, 1.82) is 0 Å². The number of allylic oxidation sites excluding steroid dienone is 2. The molecular formula is C9H15NO2. The number of aliphatic imine (C=N–C) groups is 1. The minimum absolute atomic E-state index is 0.657. The highest BCUT2D eigenvalue weighted by molar-refractivity contribution is 6.04. The van der Waals surface area contributed by atoms with Crippen molar-refractivity contribution in [3.05, 3.63) is 11.6 Å². The number of carboxylic acid groups (broad SMARTS) is 1. The van der Waals surface area contributed by atoms with Gasteiger partial charge in [-0.3, -0.25) is 0 Å². The van der Waals surface area contributed by atoms with Crippen LogP contribution < -0.4 is 0 Å². The van der Waals surface area contributed by atoms with Crippen molar-refractivity contribution in [3.63, 3.8) is 0 Å². The predicted octanol–water partition coefficient (Wildman–Crippen LogP) is 2.87. The monoisotopic (exact) mass is 169 g/mol. The van der Waals surface area contributed by atoms with Gasteiger partial charge in [0.05, 0.1) is 5.71 Å². The summed E-state index contributed by atoms with van der Waals surface area (Å²) >= 11 is 0. The fourth-order valence-electron chi connectivity index (χ4n) is 0.986. The van der Waals surface area contributed by atoms with E-state index in [4.69, 9.17) is 5.11 Å². The van der Waals surface area contributed by atoms with E-state index in [2.05, 4.69) is 4.99 Å². The van der Waals surface area contributed by atoms with Crippen molar-refractivity contribution in [3.8, 4) is 0 Å². The molecule has 0 atom stereocenters. The first-order valence-electron chi connectivity index (χ1n) is 4.09. The Kier molecular flexibility index (Phi) is 5.00. The molecule has 1 amide bonds. The second-order valence-electron chi connectivity index (χ2n) is 2.49. The second-order valence-corrected chi connectivity index (χ2v) is 2.49. The average Bonchev–Trinajstić information content (AvgIpc) is 2.00. The molecule has 0 spiro atoms. The Morgan fingerprint density at radius 2 is 2.08 bits per heavy atom. The minimum Gasteiger partial charge on any atom is -0.463 e. The van der Waals surface area contributed by atoms with Crippen LogP contribution in [0.5, 0.6) is 0 Å². The second kappa shape index (κ2) is 5.52. The average molecular weight is 169 g/mol. The molecule has 0 aliphatic carbocycles. The van der Waals surface area contributed by atoms with Crippen LogP contribution in [0.1, 0.15) is 33.6 Å². The van der Waals surface area contributed by atoms with Crippen molar-refractivity contribution < 1.29 is 9.90 Å². The van der Waals surface area contributed by atoms with Gasteiger partial charge < -0.3 is 5.11 Å². The van der Waals surface area contributed by atoms with E-state index in [-0.39, 0.29) is 0 Å². The molecule has 3 nitrogen and oxygen atoms in total. The third kappa shape index (κ3) is 3.91. The van der Waals surface area contributed by atoms with Crippen molar-refractivity contribution in [1.82, 2.24) is 0 Å². The third-order valence-electron chi connectivity index (χ3n) is 1.53. The SMILES string of the molecule is CC/C=C(/C)C(CC)=NC(=O)O. The maximum Gasteiger partial charge on any atom is 0.431 e. The molecule has 1 N–H and O–H groups in total. The Morgan fingerprint density at radius 1 is 1.50 bits per heavy atom. The lowest BCUT2D eigenvalue weighted by atomic mass is 10.1. The minimum atomic E-state index is -1.12. The topological polar surface area (TPSA) is 49.7 Å². The van der Waals surface area contributed by atoms with Crippen molar-refractivity contribution >= 4 is 11.8 Å². The number of hydrogen-bond acceptors (Lipinski definition) is 1. The van der Waals surface area contributed by atoms with Gasteiger partial charge in [0, 0.05) is 0 Å². The molecule has 0 aromatic rings. The molecule has 0 rings (SSSR count). The van der Waals surface area contributed by atoms with Gasteiger partial charge in [-0.1, -0.05) is 19.9 Å². The quantitative estimate of drug-likeness (QED) is 0.660. The molecule has 0 radical (unpaired) electrons. The molecular weight excluding hydrogens is 154 g/mol. The van der Waals surface area contributed by atoms with Crippen LogP contribution in [0, 0.1) is 0 Å². The van der Waals surface area contributed by atoms with Crippen molar-refractivity contribution in [2.24, 2.45) is 4.99 Å². The number of carbonyl (C=O) groups is 1. The Bertz CT molecular complexity index is 217. The van der Waals surface area contributed by atoms with Gasteiger partial charge in [0.1, 0.15) is 0 Å². The summed E-state index contributed by atoms with van der Waals surface area (Å²) < 4.78 is 0. The van der Waals surface area contributed by atoms with Gasteiger partial charge in [0.15, 0.2) is 0 Å². The first-order valence-corrected chi connectivity index (χ1v) is 4.09. The van der Waals surface area contributed by atoms with Gasteiger partial charge in [-0.15, -0.1) is 0 Å². The lowest BCUT2D eigenvalue weighted by Crippen LogP contribution is -2.02. The van der Waals surface area contributed by atoms with E-state index >= 15 is 0 Å². The van der Waals surface area contributed by atoms with Gasteiger partial charge in [0.25, 0.3) is 0 Å². The molecule has 0 aliphatic heterocycles. The van der Waals surface area contributed by atoms with Gasteiger partial charge in [-0.05, 0) is 25.3 Å². The normalized spacial score (nSPS) is 13.2. The summed E-state index contributed by atoms with van der Waals surface area (Å²) in [6.07, 6.45) is 2.43. The van der Waals surface area contributed by atoms with Crippen LogP contribution in [0.2, 0.25) is 0 Å². The first-order chi connectivity index (χ1) is 5.61. The molecule has 0 unspecified atom stereocenters. The molecule has 3 heteroatoms. The Hall–Kier alpha value is -1.12. The van der Waals surface area contributed by atoms with Gasteiger partial charge in [-0.2, -0.15) is 4.99 Å². The number of nitrogens with zero attached hydrogens (tertiary/aromatic N) is 1. The highest BCUT2D eigenvalue weighted by Gasteiger charge is 2.00. The highest BCUT2D eigenvalue weighted by atomic mass is 16.4. The Balaban J connectivity index is 4.55. The summed E-state index contributed by atoms with van der Waals surface area (Å²) in [7, 11) is 0. The molecule has 0 heterocycles. The van der Waals surface area contributed by atoms with Crippen LogP contribution >= 0.6 is 0 Å². The summed E-state index contributed by atoms with van der Waals surface area (Å²) in [6, 6.07) is 0. The van der Waals surface area contributed by atoms with Crippen molar-refractivity contribution in [2.75, 3.05) is 0 Å². The van der Waals surface area contributed by atoms with Crippen LogP contribution in [0.4, 0.5) is 4.79 Å². The standard InChI is InChI=1S/C9H15NO2/c1-4-6-7(3)8(5-2)10-9(11)12/h6H,4-5H2,1-3H3,(H,11,12)/b7-6-,10-8?. The van der Waals surface area contributed by atoms with Gasteiger partial charge >= 0.3 is 6.09 Å². The van der Waals surface area contributed by atoms with E-state index in [1.165, 1.54) is 0 Å². The van der Waals surface area contributed by atoms with Gasteiger partial charge in [-0.25, -0.2) is 4.79 Å². The van der Waals surface area contributed by atoms with E-state index in [9.17, 15) is 4.79 Å².